The molecule has 3 fully saturated rings. The van der Waals surface area contributed by atoms with E-state index in [4.69, 9.17) is 9.47 Å². The van der Waals surface area contributed by atoms with Crippen LogP contribution < -0.4 is 4.74 Å². The van der Waals surface area contributed by atoms with E-state index in [2.05, 4.69) is 4.90 Å². The molecule has 4 rings (SSSR count). The van der Waals surface area contributed by atoms with Crippen LogP contribution in [0, 0.1) is 11.2 Å². The Hall–Kier alpha value is -2.19. The highest BCUT2D eigenvalue weighted by Crippen LogP contribution is 2.41. The van der Waals surface area contributed by atoms with Crippen LogP contribution in [0.5, 0.6) is 5.75 Å². The first kappa shape index (κ1) is 20.1. The van der Waals surface area contributed by atoms with Gasteiger partial charge in [-0.2, -0.15) is 0 Å². The van der Waals surface area contributed by atoms with E-state index >= 15 is 0 Å². The number of ether oxygens (including phenoxy) is 2. The average Bonchev–Trinajstić information content (AvgIpc) is 3.31. The highest BCUT2D eigenvalue weighted by molar-refractivity contribution is 5.96. The molecule has 158 valence electrons. The standard InChI is InChI=1S/C21H28FN3O4/c1-28-18-3-2-16(14-17(18)22)19(26)25-7-5-21(15-25)4-6-24(20(21)27)9-8-23-10-12-29-13-11-23/h2-3,14H,4-13,15H2,1H3. The molecule has 0 N–H and O–H groups in total. The lowest BCUT2D eigenvalue weighted by molar-refractivity contribution is -0.135. The van der Waals surface area contributed by atoms with E-state index in [0.29, 0.717) is 19.5 Å². The Morgan fingerprint density at radius 3 is 2.66 bits per heavy atom. The second-order valence-electron chi connectivity index (χ2n) is 8.10. The van der Waals surface area contributed by atoms with Crippen LogP contribution in [0.3, 0.4) is 0 Å². The minimum absolute atomic E-state index is 0.112. The Bertz CT molecular complexity index is 783. The van der Waals surface area contributed by atoms with Gasteiger partial charge < -0.3 is 19.3 Å². The lowest BCUT2D eigenvalue weighted by atomic mass is 9.85. The second-order valence-corrected chi connectivity index (χ2v) is 8.10. The zero-order valence-electron chi connectivity index (χ0n) is 16.9. The van der Waals surface area contributed by atoms with Gasteiger partial charge in [-0.3, -0.25) is 14.5 Å². The van der Waals surface area contributed by atoms with Crippen molar-refractivity contribution in [3.63, 3.8) is 0 Å². The number of rotatable bonds is 5. The number of methoxy groups -OCH3 is 1. The molecule has 3 aliphatic heterocycles. The highest BCUT2D eigenvalue weighted by atomic mass is 19.1. The van der Waals surface area contributed by atoms with Crippen LogP contribution in [0.4, 0.5) is 4.39 Å². The molecule has 1 spiro atoms. The van der Waals surface area contributed by atoms with Crippen molar-refractivity contribution in [3.8, 4) is 5.75 Å². The van der Waals surface area contributed by atoms with Crippen LogP contribution in [-0.2, 0) is 9.53 Å². The molecule has 0 aliphatic carbocycles. The number of carbonyl (C=O) groups excluding carboxylic acids is 2. The topological polar surface area (TPSA) is 62.3 Å². The van der Waals surface area contributed by atoms with E-state index in [-0.39, 0.29) is 23.1 Å². The number of morpholine rings is 1. The molecule has 29 heavy (non-hydrogen) atoms. The summed E-state index contributed by atoms with van der Waals surface area (Å²) in [4.78, 5) is 31.9. The van der Waals surface area contributed by atoms with Crippen molar-refractivity contribution < 1.29 is 23.5 Å². The number of hydrogen-bond donors (Lipinski definition) is 0. The van der Waals surface area contributed by atoms with Gasteiger partial charge in [-0.1, -0.05) is 0 Å². The van der Waals surface area contributed by atoms with E-state index in [1.807, 2.05) is 4.90 Å². The molecular formula is C21H28FN3O4. The van der Waals surface area contributed by atoms with Crippen LogP contribution in [-0.4, -0.2) is 92.7 Å². The second kappa shape index (κ2) is 8.28. The zero-order valence-corrected chi connectivity index (χ0v) is 16.9. The Morgan fingerprint density at radius 1 is 1.17 bits per heavy atom. The fourth-order valence-corrected chi connectivity index (χ4v) is 4.60. The van der Waals surface area contributed by atoms with Crippen LogP contribution in [0.15, 0.2) is 18.2 Å². The summed E-state index contributed by atoms with van der Waals surface area (Å²) in [5, 5.41) is 0. The normalized spacial score (nSPS) is 25.2. The molecule has 2 amide bonds. The molecular weight excluding hydrogens is 377 g/mol. The van der Waals surface area contributed by atoms with E-state index < -0.39 is 11.2 Å². The average molecular weight is 405 g/mol. The summed E-state index contributed by atoms with van der Waals surface area (Å²) >= 11 is 0. The van der Waals surface area contributed by atoms with Gasteiger partial charge in [0.05, 0.1) is 25.7 Å². The number of amides is 2. The van der Waals surface area contributed by atoms with Crippen LogP contribution >= 0.6 is 0 Å². The first-order valence-electron chi connectivity index (χ1n) is 10.2. The summed E-state index contributed by atoms with van der Waals surface area (Å²) in [6, 6.07) is 4.24. The minimum atomic E-state index is -0.557. The van der Waals surface area contributed by atoms with Crippen LogP contribution in [0.2, 0.25) is 0 Å². The third kappa shape index (κ3) is 3.96. The molecule has 0 aromatic heterocycles. The number of likely N-dealkylation sites (tertiary alicyclic amines) is 2. The van der Waals surface area contributed by atoms with Gasteiger partial charge in [0.1, 0.15) is 0 Å². The maximum atomic E-state index is 14.0. The predicted octanol–water partition coefficient (Wildman–Crippen LogP) is 1.23. The summed E-state index contributed by atoms with van der Waals surface area (Å²) in [6.07, 6.45) is 1.44. The van der Waals surface area contributed by atoms with Crippen molar-refractivity contribution in [2.45, 2.75) is 12.8 Å². The van der Waals surface area contributed by atoms with Crippen molar-refractivity contribution in [1.82, 2.24) is 14.7 Å². The monoisotopic (exact) mass is 405 g/mol. The van der Waals surface area contributed by atoms with Gasteiger partial charge in [-0.15, -0.1) is 0 Å². The Morgan fingerprint density at radius 2 is 1.93 bits per heavy atom. The molecule has 1 aromatic carbocycles. The van der Waals surface area contributed by atoms with Crippen molar-refractivity contribution >= 4 is 11.8 Å². The molecule has 1 atom stereocenters. The van der Waals surface area contributed by atoms with E-state index in [9.17, 15) is 14.0 Å². The Kier molecular flexibility index (Phi) is 5.74. The number of carbonyl (C=O) groups is 2. The van der Waals surface area contributed by atoms with Crippen LogP contribution in [0.25, 0.3) is 0 Å². The first-order chi connectivity index (χ1) is 14.0. The molecule has 1 unspecified atom stereocenters. The fraction of sp³-hybridized carbons (Fsp3) is 0.619. The minimum Gasteiger partial charge on any atom is -0.494 e. The van der Waals surface area contributed by atoms with E-state index in [1.165, 1.54) is 19.2 Å². The van der Waals surface area contributed by atoms with Gasteiger partial charge in [-0.05, 0) is 31.0 Å². The van der Waals surface area contributed by atoms with E-state index in [0.717, 1.165) is 52.4 Å². The van der Waals surface area contributed by atoms with Gasteiger partial charge in [0.2, 0.25) is 5.91 Å². The number of halogens is 1. The quantitative estimate of drug-likeness (QED) is 0.738. The molecule has 8 heteroatoms. The Labute approximate surface area is 170 Å². The third-order valence-corrected chi connectivity index (χ3v) is 6.43. The fourth-order valence-electron chi connectivity index (χ4n) is 4.60. The molecule has 0 radical (unpaired) electrons. The largest absolute Gasteiger partial charge is 0.494 e. The number of nitrogens with zero attached hydrogens (tertiary/aromatic N) is 3. The van der Waals surface area contributed by atoms with Gasteiger partial charge in [-0.25, -0.2) is 4.39 Å². The van der Waals surface area contributed by atoms with Crippen molar-refractivity contribution in [3.05, 3.63) is 29.6 Å². The summed E-state index contributed by atoms with van der Waals surface area (Å²) in [5.74, 6) is -0.523. The predicted molar refractivity (Wildman–Crippen MR) is 104 cm³/mol. The van der Waals surface area contributed by atoms with Crippen molar-refractivity contribution in [2.75, 3.05) is 66.1 Å². The SMILES string of the molecule is COc1ccc(C(=O)N2CCC3(CCN(CCN4CCOCC4)C3=O)C2)cc1F. The van der Waals surface area contributed by atoms with Crippen LogP contribution in [0.1, 0.15) is 23.2 Å². The third-order valence-electron chi connectivity index (χ3n) is 6.43. The zero-order chi connectivity index (χ0) is 20.4. The summed E-state index contributed by atoms with van der Waals surface area (Å²) in [6.45, 7) is 6.57. The summed E-state index contributed by atoms with van der Waals surface area (Å²) < 4.78 is 24.3. The Balaban J connectivity index is 1.36. The lowest BCUT2D eigenvalue weighted by Crippen LogP contribution is -2.43. The summed E-state index contributed by atoms with van der Waals surface area (Å²) in [7, 11) is 1.39. The maximum Gasteiger partial charge on any atom is 0.253 e. The van der Waals surface area contributed by atoms with Crippen molar-refractivity contribution in [1.29, 1.82) is 0 Å². The molecule has 3 saturated heterocycles. The molecule has 1 aromatic rings. The number of benzene rings is 1. The molecule has 3 aliphatic rings. The molecule has 0 bridgehead atoms. The van der Waals surface area contributed by atoms with Gasteiger partial charge in [0, 0.05) is 51.4 Å². The lowest BCUT2D eigenvalue weighted by Gasteiger charge is -2.29. The van der Waals surface area contributed by atoms with Gasteiger partial charge >= 0.3 is 0 Å². The smallest absolute Gasteiger partial charge is 0.253 e. The van der Waals surface area contributed by atoms with Gasteiger partial charge in [0.15, 0.2) is 11.6 Å². The summed E-state index contributed by atoms with van der Waals surface area (Å²) in [5.41, 5.74) is -0.193. The maximum absolute atomic E-state index is 14.0. The van der Waals surface area contributed by atoms with Crippen molar-refractivity contribution in [2.24, 2.45) is 5.41 Å². The molecule has 7 nitrogen and oxygen atoms in total. The first-order valence-corrected chi connectivity index (χ1v) is 10.2. The van der Waals surface area contributed by atoms with E-state index in [1.54, 1.807) is 11.0 Å². The number of hydrogen-bond acceptors (Lipinski definition) is 5. The highest BCUT2D eigenvalue weighted by Gasteiger charge is 2.51. The van der Waals surface area contributed by atoms with Gasteiger partial charge in [0.25, 0.3) is 5.91 Å². The molecule has 3 heterocycles. The molecule has 0 saturated carbocycles.